The first-order valence-electron chi connectivity index (χ1n) is 7.31. The van der Waals surface area contributed by atoms with Crippen LogP contribution >= 0.6 is 0 Å². The highest BCUT2D eigenvalue weighted by Crippen LogP contribution is 2.22. The lowest BCUT2D eigenvalue weighted by atomic mass is 9.84. The molecule has 0 unspecified atom stereocenters. The molecule has 0 saturated carbocycles. The minimum atomic E-state index is 0.152. The third-order valence-corrected chi connectivity index (χ3v) is 3.94. The standard InChI is InChI=1S/C19H25N/c1-15-10-11-16(2)17(12-15)13-20-14-19(3,4)18-8-6-5-7-9-18/h5-12,20H,13-14H2,1-4H3. The van der Waals surface area contributed by atoms with Gasteiger partial charge in [-0.15, -0.1) is 0 Å². The molecular weight excluding hydrogens is 242 g/mol. The maximum absolute atomic E-state index is 3.61. The smallest absolute Gasteiger partial charge is 0.0208 e. The average Bonchev–Trinajstić information content (AvgIpc) is 2.43. The monoisotopic (exact) mass is 267 g/mol. The summed E-state index contributed by atoms with van der Waals surface area (Å²) >= 11 is 0. The lowest BCUT2D eigenvalue weighted by Crippen LogP contribution is -2.32. The fraction of sp³-hybridized carbons (Fsp3) is 0.368. The summed E-state index contributed by atoms with van der Waals surface area (Å²) < 4.78 is 0. The summed E-state index contributed by atoms with van der Waals surface area (Å²) in [5.74, 6) is 0. The molecule has 0 radical (unpaired) electrons. The van der Waals surface area contributed by atoms with Crippen LogP contribution in [0.15, 0.2) is 48.5 Å². The third-order valence-electron chi connectivity index (χ3n) is 3.94. The van der Waals surface area contributed by atoms with Crippen molar-refractivity contribution in [2.75, 3.05) is 6.54 Å². The van der Waals surface area contributed by atoms with Crippen molar-refractivity contribution >= 4 is 0 Å². The zero-order valence-electron chi connectivity index (χ0n) is 13.0. The molecule has 1 heteroatoms. The van der Waals surface area contributed by atoms with Gasteiger partial charge in [-0.2, -0.15) is 0 Å². The molecule has 0 spiro atoms. The second-order valence-corrected chi connectivity index (χ2v) is 6.28. The van der Waals surface area contributed by atoms with Gasteiger partial charge in [0.15, 0.2) is 0 Å². The van der Waals surface area contributed by atoms with E-state index in [9.17, 15) is 0 Å². The summed E-state index contributed by atoms with van der Waals surface area (Å²) in [6.45, 7) is 10.8. The largest absolute Gasteiger partial charge is 0.312 e. The van der Waals surface area contributed by atoms with Gasteiger partial charge in [-0.25, -0.2) is 0 Å². The summed E-state index contributed by atoms with van der Waals surface area (Å²) in [7, 11) is 0. The molecule has 0 atom stereocenters. The first kappa shape index (κ1) is 14.8. The molecule has 2 rings (SSSR count). The van der Waals surface area contributed by atoms with Crippen LogP contribution in [0.1, 0.15) is 36.1 Å². The highest BCUT2D eigenvalue weighted by atomic mass is 14.9. The van der Waals surface area contributed by atoms with E-state index in [-0.39, 0.29) is 5.41 Å². The van der Waals surface area contributed by atoms with Crippen molar-refractivity contribution in [3.63, 3.8) is 0 Å². The molecule has 20 heavy (non-hydrogen) atoms. The van der Waals surface area contributed by atoms with E-state index in [2.05, 4.69) is 81.5 Å². The minimum absolute atomic E-state index is 0.152. The molecule has 0 amide bonds. The summed E-state index contributed by atoms with van der Waals surface area (Å²) in [4.78, 5) is 0. The maximum atomic E-state index is 3.61. The van der Waals surface area contributed by atoms with Gasteiger partial charge in [0.1, 0.15) is 0 Å². The average molecular weight is 267 g/mol. The first-order chi connectivity index (χ1) is 9.49. The summed E-state index contributed by atoms with van der Waals surface area (Å²) in [6.07, 6.45) is 0. The van der Waals surface area contributed by atoms with Crippen LogP contribution in [0.2, 0.25) is 0 Å². The van der Waals surface area contributed by atoms with E-state index < -0.39 is 0 Å². The van der Waals surface area contributed by atoms with Crippen molar-refractivity contribution in [1.82, 2.24) is 5.32 Å². The topological polar surface area (TPSA) is 12.0 Å². The number of nitrogens with one attached hydrogen (secondary N) is 1. The summed E-state index contributed by atoms with van der Waals surface area (Å²) in [5.41, 5.74) is 5.62. The Bertz CT molecular complexity index is 555. The van der Waals surface area contributed by atoms with E-state index in [0.29, 0.717) is 0 Å². The zero-order chi connectivity index (χ0) is 14.6. The Morgan fingerprint density at radius 1 is 0.950 bits per heavy atom. The van der Waals surface area contributed by atoms with Crippen LogP contribution in [-0.2, 0) is 12.0 Å². The Balaban J connectivity index is 1.97. The third kappa shape index (κ3) is 3.71. The highest BCUT2D eigenvalue weighted by Gasteiger charge is 2.19. The van der Waals surface area contributed by atoms with Gasteiger partial charge in [-0.1, -0.05) is 67.9 Å². The molecule has 1 nitrogen and oxygen atoms in total. The van der Waals surface area contributed by atoms with Gasteiger partial charge >= 0.3 is 0 Å². The first-order valence-corrected chi connectivity index (χ1v) is 7.31. The van der Waals surface area contributed by atoms with Crippen molar-refractivity contribution in [2.45, 2.75) is 39.7 Å². The molecule has 2 aromatic rings. The molecule has 1 N–H and O–H groups in total. The van der Waals surface area contributed by atoms with E-state index in [1.165, 1.54) is 22.3 Å². The minimum Gasteiger partial charge on any atom is -0.312 e. The number of rotatable bonds is 5. The van der Waals surface area contributed by atoms with E-state index in [1.54, 1.807) is 0 Å². The lowest BCUT2D eigenvalue weighted by Gasteiger charge is -2.26. The number of hydrogen-bond donors (Lipinski definition) is 1. The maximum Gasteiger partial charge on any atom is 0.0208 e. The van der Waals surface area contributed by atoms with Crippen LogP contribution in [0.5, 0.6) is 0 Å². The van der Waals surface area contributed by atoms with Crippen molar-refractivity contribution in [3.05, 3.63) is 70.8 Å². The molecular formula is C19H25N. The van der Waals surface area contributed by atoms with Crippen LogP contribution in [0.25, 0.3) is 0 Å². The molecule has 0 aliphatic rings. The molecule has 0 aromatic heterocycles. The van der Waals surface area contributed by atoms with E-state index in [4.69, 9.17) is 0 Å². The van der Waals surface area contributed by atoms with Gasteiger partial charge in [-0.3, -0.25) is 0 Å². The molecule has 0 fully saturated rings. The SMILES string of the molecule is Cc1ccc(C)c(CNCC(C)(C)c2ccccc2)c1. The van der Waals surface area contributed by atoms with Crippen LogP contribution in [0.4, 0.5) is 0 Å². The lowest BCUT2D eigenvalue weighted by molar-refractivity contribution is 0.468. The fourth-order valence-electron chi connectivity index (χ4n) is 2.49. The second-order valence-electron chi connectivity index (χ2n) is 6.28. The molecule has 0 aliphatic carbocycles. The number of benzene rings is 2. The fourth-order valence-corrected chi connectivity index (χ4v) is 2.49. The Labute approximate surface area is 123 Å². The molecule has 2 aromatic carbocycles. The van der Waals surface area contributed by atoms with Gasteiger partial charge in [0.25, 0.3) is 0 Å². The van der Waals surface area contributed by atoms with Crippen LogP contribution in [0, 0.1) is 13.8 Å². The molecule has 0 aliphatic heterocycles. The Morgan fingerprint density at radius 2 is 1.65 bits per heavy atom. The Morgan fingerprint density at radius 3 is 2.35 bits per heavy atom. The quantitative estimate of drug-likeness (QED) is 0.848. The zero-order valence-corrected chi connectivity index (χ0v) is 13.0. The molecule has 106 valence electrons. The predicted octanol–water partition coefficient (Wildman–Crippen LogP) is 4.37. The molecule has 0 bridgehead atoms. The van der Waals surface area contributed by atoms with Gasteiger partial charge in [0.05, 0.1) is 0 Å². The molecule has 0 heterocycles. The number of aryl methyl sites for hydroxylation is 2. The second kappa shape index (κ2) is 6.23. The normalized spacial score (nSPS) is 11.6. The Hall–Kier alpha value is -1.60. The van der Waals surface area contributed by atoms with Crippen LogP contribution in [-0.4, -0.2) is 6.54 Å². The van der Waals surface area contributed by atoms with Crippen molar-refractivity contribution in [3.8, 4) is 0 Å². The summed E-state index contributed by atoms with van der Waals surface area (Å²) in [6, 6.07) is 17.4. The van der Waals surface area contributed by atoms with Gasteiger partial charge < -0.3 is 5.32 Å². The van der Waals surface area contributed by atoms with Gasteiger partial charge in [0, 0.05) is 18.5 Å². The van der Waals surface area contributed by atoms with Crippen LogP contribution < -0.4 is 5.32 Å². The van der Waals surface area contributed by atoms with Gasteiger partial charge in [-0.05, 0) is 30.5 Å². The van der Waals surface area contributed by atoms with Crippen molar-refractivity contribution < 1.29 is 0 Å². The van der Waals surface area contributed by atoms with Gasteiger partial charge in [0.2, 0.25) is 0 Å². The van der Waals surface area contributed by atoms with E-state index in [1.807, 2.05) is 0 Å². The summed E-state index contributed by atoms with van der Waals surface area (Å²) in [5, 5.41) is 3.61. The molecule has 0 saturated heterocycles. The van der Waals surface area contributed by atoms with E-state index >= 15 is 0 Å². The van der Waals surface area contributed by atoms with Crippen molar-refractivity contribution in [1.29, 1.82) is 0 Å². The highest BCUT2D eigenvalue weighted by molar-refractivity contribution is 5.30. The van der Waals surface area contributed by atoms with E-state index in [0.717, 1.165) is 13.1 Å². The van der Waals surface area contributed by atoms with Crippen molar-refractivity contribution in [2.24, 2.45) is 0 Å². The predicted molar refractivity (Wildman–Crippen MR) is 87.1 cm³/mol. The number of hydrogen-bond acceptors (Lipinski definition) is 1. The Kier molecular flexibility index (Phi) is 4.61. The van der Waals surface area contributed by atoms with Crippen LogP contribution in [0.3, 0.4) is 0 Å².